The zero-order valence-corrected chi connectivity index (χ0v) is 12.8. The second kappa shape index (κ2) is 6.33. The zero-order chi connectivity index (χ0) is 17.1. The smallest absolute Gasteiger partial charge is 0.420 e. The molecule has 2 rings (SSSR count). The van der Waals surface area contributed by atoms with Gasteiger partial charge in [0.05, 0.1) is 17.9 Å². The summed E-state index contributed by atoms with van der Waals surface area (Å²) in [7, 11) is -3.37. The van der Waals surface area contributed by atoms with Gasteiger partial charge in [-0.3, -0.25) is 4.79 Å². The molecular formula is C15H13FNO5S. The molecule has 0 aromatic heterocycles. The number of benzene rings is 1. The van der Waals surface area contributed by atoms with E-state index in [1.807, 2.05) is 0 Å². The first-order valence-electron chi connectivity index (χ1n) is 6.48. The predicted octanol–water partition coefficient (Wildman–Crippen LogP) is 1.75. The molecule has 0 spiro atoms. The van der Waals surface area contributed by atoms with Crippen LogP contribution in [0.1, 0.15) is 5.56 Å². The highest BCUT2D eigenvalue weighted by Gasteiger charge is 2.42. The molecule has 0 bridgehead atoms. The van der Waals surface area contributed by atoms with Crippen LogP contribution in [0.15, 0.2) is 53.5 Å². The highest BCUT2D eigenvalue weighted by Crippen LogP contribution is 2.40. The minimum atomic E-state index is -4.37. The van der Waals surface area contributed by atoms with Crippen LogP contribution in [0.5, 0.6) is 0 Å². The third-order valence-corrected chi connectivity index (χ3v) is 4.70. The molecule has 0 fully saturated rings. The molecule has 8 heteroatoms. The molecule has 0 aliphatic heterocycles. The maximum atomic E-state index is 15.4. The van der Waals surface area contributed by atoms with Crippen molar-refractivity contribution in [3.63, 3.8) is 0 Å². The van der Waals surface area contributed by atoms with Crippen molar-refractivity contribution in [2.45, 2.75) is 10.6 Å². The number of sulfonamides is 1. The standard InChI is InChI=1S/C15H13FNO5S/c1-22-14(19)17-23(20,21)13-8-3-2-7-12(13)15(16)9-5-4-6-11(15)10-18/h2-9,11H,1H3,(H,17,19). The molecule has 121 valence electrons. The number of methoxy groups -OCH3 is 1. The second-order valence-corrected chi connectivity index (χ2v) is 6.35. The highest BCUT2D eigenvalue weighted by atomic mass is 32.2. The molecule has 1 aliphatic carbocycles. The number of halogens is 1. The SMILES string of the molecule is COC(=O)NS(=O)(=O)c1ccccc1C1(F)C=CC=CC1[C]=O. The normalized spacial score (nSPS) is 23.3. The number of hydrogen-bond acceptors (Lipinski definition) is 5. The number of rotatable bonds is 4. The van der Waals surface area contributed by atoms with Gasteiger partial charge in [0.2, 0.25) is 6.29 Å². The minimum absolute atomic E-state index is 0.273. The lowest BCUT2D eigenvalue weighted by molar-refractivity contribution is 0.177. The Morgan fingerprint density at radius 1 is 1.35 bits per heavy atom. The number of carbonyl (C=O) groups is 1. The molecule has 0 heterocycles. The van der Waals surface area contributed by atoms with E-state index in [1.54, 1.807) is 11.0 Å². The van der Waals surface area contributed by atoms with E-state index < -0.39 is 32.6 Å². The largest absolute Gasteiger partial charge is 0.452 e. The maximum absolute atomic E-state index is 15.4. The molecule has 1 aromatic rings. The fourth-order valence-electron chi connectivity index (χ4n) is 2.22. The van der Waals surface area contributed by atoms with Gasteiger partial charge in [0.25, 0.3) is 10.0 Å². The summed E-state index contributed by atoms with van der Waals surface area (Å²) in [5.74, 6) is -1.30. The van der Waals surface area contributed by atoms with Crippen molar-refractivity contribution < 1.29 is 27.1 Å². The van der Waals surface area contributed by atoms with Gasteiger partial charge < -0.3 is 4.74 Å². The number of alkyl halides is 1. The van der Waals surface area contributed by atoms with E-state index in [1.165, 1.54) is 36.4 Å². The van der Waals surface area contributed by atoms with Crippen LogP contribution in [0.4, 0.5) is 9.18 Å². The lowest BCUT2D eigenvalue weighted by Gasteiger charge is -2.29. The Kier molecular flexibility index (Phi) is 4.65. The monoisotopic (exact) mass is 338 g/mol. The van der Waals surface area contributed by atoms with Gasteiger partial charge in [0.15, 0.2) is 5.67 Å². The summed E-state index contributed by atoms with van der Waals surface area (Å²) in [4.78, 5) is 21.8. The van der Waals surface area contributed by atoms with Crippen LogP contribution in [0.25, 0.3) is 0 Å². The summed E-state index contributed by atoms with van der Waals surface area (Å²) < 4.78 is 45.8. The number of hydrogen-bond donors (Lipinski definition) is 1. The van der Waals surface area contributed by atoms with Gasteiger partial charge in [-0.25, -0.2) is 22.3 Å². The average molecular weight is 338 g/mol. The van der Waals surface area contributed by atoms with Crippen LogP contribution in [-0.4, -0.2) is 27.9 Å². The molecule has 1 aliphatic rings. The molecule has 1 N–H and O–H groups in total. The summed E-state index contributed by atoms with van der Waals surface area (Å²) in [6.45, 7) is 0. The van der Waals surface area contributed by atoms with E-state index in [-0.39, 0.29) is 5.56 Å². The van der Waals surface area contributed by atoms with Crippen LogP contribution in [0.3, 0.4) is 0 Å². The van der Waals surface area contributed by atoms with Crippen LogP contribution >= 0.6 is 0 Å². The Hall–Kier alpha value is -2.48. The Balaban J connectivity index is 2.58. The fraction of sp³-hybridized carbons (Fsp3) is 0.200. The Labute approximate surface area is 132 Å². The summed E-state index contributed by atoms with van der Waals surface area (Å²) >= 11 is 0. The van der Waals surface area contributed by atoms with Gasteiger partial charge >= 0.3 is 6.09 Å². The van der Waals surface area contributed by atoms with Crippen molar-refractivity contribution >= 4 is 22.4 Å². The first-order chi connectivity index (χ1) is 10.8. The van der Waals surface area contributed by atoms with Crippen molar-refractivity contribution in [1.82, 2.24) is 4.72 Å². The van der Waals surface area contributed by atoms with E-state index in [0.29, 0.717) is 0 Å². The van der Waals surface area contributed by atoms with E-state index in [4.69, 9.17) is 0 Å². The van der Waals surface area contributed by atoms with Gasteiger partial charge in [0, 0.05) is 5.56 Å². The molecule has 2 atom stereocenters. The third kappa shape index (κ3) is 3.16. The molecule has 0 saturated heterocycles. The summed E-state index contributed by atoms with van der Waals surface area (Å²) in [5.41, 5.74) is -2.66. The van der Waals surface area contributed by atoms with Crippen LogP contribution in [0.2, 0.25) is 0 Å². The highest BCUT2D eigenvalue weighted by molar-refractivity contribution is 7.90. The van der Waals surface area contributed by atoms with Crippen LogP contribution < -0.4 is 4.72 Å². The van der Waals surface area contributed by atoms with E-state index in [2.05, 4.69) is 4.74 Å². The molecule has 23 heavy (non-hydrogen) atoms. The van der Waals surface area contributed by atoms with Gasteiger partial charge in [-0.1, -0.05) is 36.4 Å². The number of amides is 1. The lowest BCUT2D eigenvalue weighted by atomic mass is 9.81. The summed E-state index contributed by atoms with van der Waals surface area (Å²) in [5, 5.41) is 0. The van der Waals surface area contributed by atoms with Gasteiger partial charge in [-0.15, -0.1) is 0 Å². The molecule has 1 amide bonds. The molecule has 0 saturated carbocycles. The Morgan fingerprint density at radius 2 is 2.04 bits per heavy atom. The fourth-order valence-corrected chi connectivity index (χ4v) is 3.41. The van der Waals surface area contributed by atoms with Gasteiger partial charge in [-0.05, 0) is 12.1 Å². The van der Waals surface area contributed by atoms with Crippen molar-refractivity contribution in [3.8, 4) is 0 Å². The van der Waals surface area contributed by atoms with Crippen molar-refractivity contribution in [1.29, 1.82) is 0 Å². The maximum Gasteiger partial charge on any atom is 0.420 e. The topological polar surface area (TPSA) is 89.5 Å². The van der Waals surface area contributed by atoms with E-state index in [0.717, 1.165) is 19.3 Å². The first-order valence-corrected chi connectivity index (χ1v) is 7.96. The second-order valence-electron chi connectivity index (χ2n) is 4.70. The Morgan fingerprint density at radius 3 is 2.70 bits per heavy atom. The Bertz CT molecular complexity index is 787. The molecule has 1 radical (unpaired) electrons. The third-order valence-electron chi connectivity index (χ3n) is 3.33. The minimum Gasteiger partial charge on any atom is -0.452 e. The predicted molar refractivity (Wildman–Crippen MR) is 79.4 cm³/mol. The van der Waals surface area contributed by atoms with Crippen LogP contribution in [0, 0.1) is 5.92 Å². The molecule has 6 nitrogen and oxygen atoms in total. The number of nitrogens with one attached hydrogen (secondary N) is 1. The molecule has 1 aromatic carbocycles. The average Bonchev–Trinajstić information content (AvgIpc) is 2.54. The zero-order valence-electron chi connectivity index (χ0n) is 12.0. The van der Waals surface area contributed by atoms with Crippen molar-refractivity contribution in [2.24, 2.45) is 5.92 Å². The molecule has 2 unspecified atom stereocenters. The van der Waals surface area contributed by atoms with Crippen molar-refractivity contribution in [2.75, 3.05) is 7.11 Å². The summed E-state index contributed by atoms with van der Waals surface area (Å²) in [6.07, 6.45) is 5.55. The first kappa shape index (κ1) is 16.9. The van der Waals surface area contributed by atoms with Gasteiger partial charge in [-0.2, -0.15) is 0 Å². The summed E-state index contributed by atoms with van der Waals surface area (Å²) in [6, 6.07) is 5.18. The molecular weight excluding hydrogens is 325 g/mol. The number of carbonyl (C=O) groups excluding carboxylic acids is 2. The van der Waals surface area contributed by atoms with Crippen molar-refractivity contribution in [3.05, 3.63) is 54.1 Å². The number of ether oxygens (including phenoxy) is 1. The van der Waals surface area contributed by atoms with Gasteiger partial charge in [0.1, 0.15) is 0 Å². The van der Waals surface area contributed by atoms with E-state index in [9.17, 15) is 18.0 Å². The number of allylic oxidation sites excluding steroid dienone is 4. The lowest BCUT2D eigenvalue weighted by Crippen LogP contribution is -2.35. The van der Waals surface area contributed by atoms with E-state index >= 15 is 4.39 Å². The quantitative estimate of drug-likeness (QED) is 0.903. The van der Waals surface area contributed by atoms with Crippen LogP contribution in [-0.2, 0) is 25.2 Å².